The fourth-order valence-electron chi connectivity index (χ4n) is 2.72. The van der Waals surface area contributed by atoms with Crippen molar-refractivity contribution >= 4 is 0 Å². The first kappa shape index (κ1) is 14.4. The third-order valence-electron chi connectivity index (χ3n) is 3.82. The Hall–Kier alpha value is -3.21. The van der Waals surface area contributed by atoms with Crippen LogP contribution in [0.3, 0.4) is 0 Å². The normalized spacial score (nSPS) is 10.9. The van der Waals surface area contributed by atoms with Gasteiger partial charge in [-0.05, 0) is 43.3 Å². The molecule has 1 N–H and O–H groups in total. The van der Waals surface area contributed by atoms with Gasteiger partial charge in [-0.15, -0.1) is 0 Å². The Morgan fingerprint density at radius 3 is 2.54 bits per heavy atom. The van der Waals surface area contributed by atoms with E-state index < -0.39 is 0 Å². The number of aromatic amines is 1. The summed E-state index contributed by atoms with van der Waals surface area (Å²) < 4.78 is 19.5. The molecule has 0 spiro atoms. The highest BCUT2D eigenvalue weighted by molar-refractivity contribution is 5.89. The van der Waals surface area contributed by atoms with Crippen molar-refractivity contribution in [2.75, 3.05) is 0 Å². The lowest BCUT2D eigenvalue weighted by molar-refractivity contribution is 0.548. The van der Waals surface area contributed by atoms with Crippen LogP contribution >= 0.6 is 0 Å². The van der Waals surface area contributed by atoms with Crippen LogP contribution in [0.25, 0.3) is 33.8 Å². The number of nitrogens with zero attached hydrogens (tertiary/aromatic N) is 2. The highest BCUT2D eigenvalue weighted by Crippen LogP contribution is 2.38. The lowest BCUT2D eigenvalue weighted by Gasteiger charge is -2.04. The molecule has 0 saturated carbocycles. The second kappa shape index (κ2) is 5.77. The second-order valence-electron chi connectivity index (χ2n) is 5.48. The summed E-state index contributed by atoms with van der Waals surface area (Å²) in [6.45, 7) is 1.89. The second-order valence-corrected chi connectivity index (χ2v) is 5.48. The highest BCUT2D eigenvalue weighted by Gasteiger charge is 2.20. The smallest absolute Gasteiger partial charge is 0.138 e. The Labute approximate surface area is 138 Å². The molecule has 5 heteroatoms. The standard InChI is InChI=1S/C19H14FN3O/c1-12-5-6-16(24-12)17-18(13-7-9-21-10-8-13)22-23-19(17)14-3-2-4-15(20)11-14/h2-11H,1H3,(H,22,23). The summed E-state index contributed by atoms with van der Waals surface area (Å²) >= 11 is 0. The maximum Gasteiger partial charge on any atom is 0.138 e. The number of benzene rings is 1. The van der Waals surface area contributed by atoms with Crippen molar-refractivity contribution in [2.45, 2.75) is 6.92 Å². The number of nitrogens with one attached hydrogen (secondary N) is 1. The van der Waals surface area contributed by atoms with Gasteiger partial charge < -0.3 is 4.42 Å². The van der Waals surface area contributed by atoms with E-state index in [4.69, 9.17) is 4.42 Å². The molecule has 0 amide bonds. The van der Waals surface area contributed by atoms with Crippen molar-refractivity contribution in [3.63, 3.8) is 0 Å². The summed E-state index contributed by atoms with van der Waals surface area (Å²) in [5, 5.41) is 7.47. The predicted molar refractivity (Wildman–Crippen MR) is 89.7 cm³/mol. The molecule has 24 heavy (non-hydrogen) atoms. The van der Waals surface area contributed by atoms with Crippen LogP contribution in [0.4, 0.5) is 4.39 Å². The minimum atomic E-state index is -0.303. The molecule has 0 aliphatic carbocycles. The number of H-pyrrole nitrogens is 1. The highest BCUT2D eigenvalue weighted by atomic mass is 19.1. The minimum absolute atomic E-state index is 0.303. The van der Waals surface area contributed by atoms with E-state index in [2.05, 4.69) is 15.2 Å². The van der Waals surface area contributed by atoms with E-state index in [1.54, 1.807) is 18.5 Å². The maximum absolute atomic E-state index is 13.7. The molecule has 3 aromatic heterocycles. The van der Waals surface area contributed by atoms with Gasteiger partial charge in [-0.3, -0.25) is 10.1 Å². The molecule has 3 heterocycles. The van der Waals surface area contributed by atoms with E-state index in [0.717, 1.165) is 22.6 Å². The van der Waals surface area contributed by atoms with Crippen molar-refractivity contribution in [1.82, 2.24) is 15.2 Å². The molecule has 4 aromatic rings. The summed E-state index contributed by atoms with van der Waals surface area (Å²) in [5.41, 5.74) is 3.89. The molecular weight excluding hydrogens is 305 g/mol. The maximum atomic E-state index is 13.7. The molecule has 0 atom stereocenters. The quantitative estimate of drug-likeness (QED) is 0.587. The van der Waals surface area contributed by atoms with E-state index in [-0.39, 0.29) is 5.82 Å². The molecule has 0 saturated heterocycles. The van der Waals surface area contributed by atoms with Crippen LogP contribution in [-0.4, -0.2) is 15.2 Å². The Balaban J connectivity index is 1.97. The average molecular weight is 319 g/mol. The number of rotatable bonds is 3. The summed E-state index contributed by atoms with van der Waals surface area (Å²) in [6.07, 6.45) is 3.43. The van der Waals surface area contributed by atoms with Crippen LogP contribution in [0.1, 0.15) is 5.76 Å². The van der Waals surface area contributed by atoms with Gasteiger partial charge in [-0.1, -0.05) is 12.1 Å². The van der Waals surface area contributed by atoms with Gasteiger partial charge in [0, 0.05) is 23.5 Å². The van der Waals surface area contributed by atoms with E-state index in [1.807, 2.05) is 37.3 Å². The van der Waals surface area contributed by atoms with Crippen molar-refractivity contribution < 1.29 is 8.81 Å². The molecule has 4 rings (SSSR count). The van der Waals surface area contributed by atoms with Gasteiger partial charge in [0.25, 0.3) is 0 Å². The number of furan rings is 1. The molecule has 4 nitrogen and oxygen atoms in total. The third-order valence-corrected chi connectivity index (χ3v) is 3.82. The number of hydrogen-bond donors (Lipinski definition) is 1. The van der Waals surface area contributed by atoms with Gasteiger partial charge >= 0.3 is 0 Å². The third kappa shape index (κ3) is 2.50. The fraction of sp³-hybridized carbons (Fsp3) is 0.0526. The van der Waals surface area contributed by atoms with E-state index >= 15 is 0 Å². The summed E-state index contributed by atoms with van der Waals surface area (Å²) in [5.74, 6) is 1.19. The first-order valence-corrected chi connectivity index (χ1v) is 7.54. The monoisotopic (exact) mass is 319 g/mol. The van der Waals surface area contributed by atoms with Crippen LogP contribution in [0.5, 0.6) is 0 Å². The van der Waals surface area contributed by atoms with Gasteiger partial charge in [0.2, 0.25) is 0 Å². The zero-order valence-electron chi connectivity index (χ0n) is 13.0. The number of halogens is 1. The van der Waals surface area contributed by atoms with Crippen molar-refractivity contribution in [2.24, 2.45) is 0 Å². The average Bonchev–Trinajstić information content (AvgIpc) is 3.21. The van der Waals surface area contributed by atoms with Crippen molar-refractivity contribution in [3.05, 3.63) is 72.5 Å². The summed E-state index contributed by atoms with van der Waals surface area (Å²) in [4.78, 5) is 4.05. The summed E-state index contributed by atoms with van der Waals surface area (Å²) in [7, 11) is 0. The number of hydrogen-bond acceptors (Lipinski definition) is 3. The minimum Gasteiger partial charge on any atom is -0.461 e. The first-order valence-electron chi connectivity index (χ1n) is 7.54. The number of aryl methyl sites for hydroxylation is 1. The Morgan fingerprint density at radius 2 is 1.83 bits per heavy atom. The molecule has 0 aliphatic rings. The Bertz CT molecular complexity index is 989. The topological polar surface area (TPSA) is 54.7 Å². The predicted octanol–water partition coefficient (Wildman–Crippen LogP) is 4.85. The number of pyridine rings is 1. The number of aromatic nitrogens is 3. The van der Waals surface area contributed by atoms with Gasteiger partial charge in [0.1, 0.15) is 23.0 Å². The lowest BCUT2D eigenvalue weighted by atomic mass is 10.0. The van der Waals surface area contributed by atoms with Crippen LogP contribution < -0.4 is 0 Å². The van der Waals surface area contributed by atoms with Crippen LogP contribution in [0, 0.1) is 12.7 Å². The largest absolute Gasteiger partial charge is 0.461 e. The zero-order valence-corrected chi connectivity index (χ0v) is 13.0. The summed E-state index contributed by atoms with van der Waals surface area (Å²) in [6, 6.07) is 14.0. The van der Waals surface area contributed by atoms with Crippen molar-refractivity contribution in [1.29, 1.82) is 0 Å². The molecule has 0 radical (unpaired) electrons. The SMILES string of the molecule is Cc1ccc(-c2c(-c3cccc(F)c3)n[nH]c2-c2ccncc2)o1. The molecule has 118 valence electrons. The Morgan fingerprint density at radius 1 is 1.00 bits per heavy atom. The zero-order chi connectivity index (χ0) is 16.5. The first-order chi connectivity index (χ1) is 11.7. The molecule has 0 bridgehead atoms. The van der Waals surface area contributed by atoms with E-state index in [1.165, 1.54) is 12.1 Å². The van der Waals surface area contributed by atoms with Gasteiger partial charge in [-0.25, -0.2) is 4.39 Å². The van der Waals surface area contributed by atoms with Crippen LogP contribution in [0.2, 0.25) is 0 Å². The van der Waals surface area contributed by atoms with Crippen molar-refractivity contribution in [3.8, 4) is 33.8 Å². The molecule has 0 fully saturated rings. The Kier molecular flexibility index (Phi) is 3.46. The molecule has 0 unspecified atom stereocenters. The fourth-order valence-corrected chi connectivity index (χ4v) is 2.72. The van der Waals surface area contributed by atoms with E-state index in [0.29, 0.717) is 17.0 Å². The molecule has 1 aromatic carbocycles. The van der Waals surface area contributed by atoms with Gasteiger partial charge in [0.05, 0.1) is 11.3 Å². The lowest BCUT2D eigenvalue weighted by Crippen LogP contribution is -1.85. The molecule has 0 aliphatic heterocycles. The molecular formula is C19H14FN3O. The van der Waals surface area contributed by atoms with E-state index in [9.17, 15) is 4.39 Å². The van der Waals surface area contributed by atoms with Crippen LogP contribution in [-0.2, 0) is 0 Å². The van der Waals surface area contributed by atoms with Crippen LogP contribution in [0.15, 0.2) is 65.3 Å². The van der Waals surface area contributed by atoms with Gasteiger partial charge in [0.15, 0.2) is 0 Å². The van der Waals surface area contributed by atoms with Gasteiger partial charge in [-0.2, -0.15) is 5.10 Å².